The van der Waals surface area contributed by atoms with Crippen molar-refractivity contribution < 1.29 is 9.84 Å². The zero-order chi connectivity index (χ0) is 15.0. The smallest absolute Gasteiger partial charge is 0.156 e. The molecule has 0 saturated heterocycles. The number of aryl methyl sites for hydroxylation is 1. The van der Waals surface area contributed by atoms with E-state index in [4.69, 9.17) is 16.3 Å². The van der Waals surface area contributed by atoms with Gasteiger partial charge in [0.2, 0.25) is 0 Å². The van der Waals surface area contributed by atoms with E-state index in [1.165, 1.54) is 0 Å². The van der Waals surface area contributed by atoms with Crippen LogP contribution in [0.1, 0.15) is 11.3 Å². The number of fused-ring (bicyclic) bond motifs is 1. The number of aliphatic hydroxyl groups excluding tert-OH is 1. The molecule has 0 atom stereocenters. The summed E-state index contributed by atoms with van der Waals surface area (Å²) in [5.74, 6) is 0.825. The maximum Gasteiger partial charge on any atom is 0.156 e. The van der Waals surface area contributed by atoms with Gasteiger partial charge in [0.05, 0.1) is 30.1 Å². The number of pyridine rings is 1. The Hall–Kier alpha value is -2.04. The standard InChI is InChI=1S/C16H15ClN2O2/c1-10-8-11(5-6-14(10)21-2)15-13(9-20)19-7-3-4-12(17)16(19)18-15/h3-8,20H,9H2,1-2H3. The lowest BCUT2D eigenvalue weighted by Gasteiger charge is -2.07. The number of halogens is 1. The molecule has 0 bridgehead atoms. The second-order valence-electron chi connectivity index (χ2n) is 4.80. The highest BCUT2D eigenvalue weighted by Gasteiger charge is 2.15. The van der Waals surface area contributed by atoms with E-state index >= 15 is 0 Å². The van der Waals surface area contributed by atoms with Crippen molar-refractivity contribution in [2.75, 3.05) is 7.11 Å². The van der Waals surface area contributed by atoms with E-state index in [0.29, 0.717) is 10.7 Å². The highest BCUT2D eigenvalue weighted by atomic mass is 35.5. The van der Waals surface area contributed by atoms with Crippen LogP contribution in [0.2, 0.25) is 5.02 Å². The summed E-state index contributed by atoms with van der Waals surface area (Å²) in [4.78, 5) is 4.58. The molecule has 0 aliphatic carbocycles. The molecule has 1 aromatic carbocycles. The summed E-state index contributed by atoms with van der Waals surface area (Å²) < 4.78 is 7.09. The van der Waals surface area contributed by atoms with Crippen LogP contribution in [-0.4, -0.2) is 21.6 Å². The van der Waals surface area contributed by atoms with Gasteiger partial charge in [-0.3, -0.25) is 4.40 Å². The Bertz CT molecular complexity index is 811. The summed E-state index contributed by atoms with van der Waals surface area (Å²) in [5, 5.41) is 10.3. The Morgan fingerprint density at radius 3 is 2.81 bits per heavy atom. The first-order valence-corrected chi connectivity index (χ1v) is 6.95. The third kappa shape index (κ3) is 2.26. The fourth-order valence-electron chi connectivity index (χ4n) is 2.49. The lowest BCUT2D eigenvalue weighted by Crippen LogP contribution is -1.94. The second kappa shape index (κ2) is 5.39. The largest absolute Gasteiger partial charge is 0.496 e. The minimum atomic E-state index is -0.109. The third-order valence-electron chi connectivity index (χ3n) is 3.52. The Kier molecular flexibility index (Phi) is 3.57. The number of benzene rings is 1. The molecule has 21 heavy (non-hydrogen) atoms. The van der Waals surface area contributed by atoms with E-state index in [0.717, 1.165) is 28.3 Å². The first-order valence-electron chi connectivity index (χ1n) is 6.57. The van der Waals surface area contributed by atoms with Gasteiger partial charge in [-0.05, 0) is 42.8 Å². The maximum atomic E-state index is 9.70. The number of ether oxygens (including phenoxy) is 1. The number of methoxy groups -OCH3 is 1. The van der Waals surface area contributed by atoms with Crippen LogP contribution in [0.4, 0.5) is 0 Å². The fraction of sp³-hybridized carbons (Fsp3) is 0.188. The molecular weight excluding hydrogens is 288 g/mol. The van der Waals surface area contributed by atoms with Gasteiger partial charge < -0.3 is 9.84 Å². The van der Waals surface area contributed by atoms with Crippen molar-refractivity contribution >= 4 is 17.2 Å². The summed E-state index contributed by atoms with van der Waals surface area (Å²) in [6, 6.07) is 9.44. The summed E-state index contributed by atoms with van der Waals surface area (Å²) >= 11 is 6.18. The normalized spacial score (nSPS) is 11.0. The van der Waals surface area contributed by atoms with Gasteiger partial charge in [0.15, 0.2) is 5.65 Å². The maximum absolute atomic E-state index is 9.70. The molecule has 0 fully saturated rings. The summed E-state index contributed by atoms with van der Waals surface area (Å²) in [7, 11) is 1.64. The molecule has 0 aliphatic heterocycles. The lowest BCUT2D eigenvalue weighted by atomic mass is 10.1. The number of nitrogens with zero attached hydrogens (tertiary/aromatic N) is 2. The number of hydrogen-bond acceptors (Lipinski definition) is 3. The van der Waals surface area contributed by atoms with Gasteiger partial charge in [-0.1, -0.05) is 11.6 Å². The predicted octanol–water partition coefficient (Wildman–Crippen LogP) is 3.46. The fourth-order valence-corrected chi connectivity index (χ4v) is 2.70. The third-order valence-corrected chi connectivity index (χ3v) is 3.81. The zero-order valence-electron chi connectivity index (χ0n) is 11.8. The first kappa shape index (κ1) is 13.9. The molecule has 0 aliphatic rings. The van der Waals surface area contributed by atoms with Crippen LogP contribution in [0.3, 0.4) is 0 Å². The minimum absolute atomic E-state index is 0.109. The molecule has 0 radical (unpaired) electrons. The highest BCUT2D eigenvalue weighted by molar-refractivity contribution is 6.33. The number of aromatic nitrogens is 2. The molecule has 108 valence electrons. The molecular formula is C16H15ClN2O2. The van der Waals surface area contributed by atoms with Crippen molar-refractivity contribution in [2.45, 2.75) is 13.5 Å². The van der Waals surface area contributed by atoms with Crippen molar-refractivity contribution in [3.63, 3.8) is 0 Å². The van der Waals surface area contributed by atoms with Gasteiger partial charge in [-0.15, -0.1) is 0 Å². The number of hydrogen-bond donors (Lipinski definition) is 1. The van der Waals surface area contributed by atoms with Gasteiger partial charge in [-0.2, -0.15) is 0 Å². The second-order valence-corrected chi connectivity index (χ2v) is 5.21. The lowest BCUT2D eigenvalue weighted by molar-refractivity contribution is 0.276. The van der Waals surface area contributed by atoms with Crippen LogP contribution in [0.25, 0.3) is 16.9 Å². The van der Waals surface area contributed by atoms with Gasteiger partial charge in [0.1, 0.15) is 5.75 Å². The van der Waals surface area contributed by atoms with E-state index in [1.54, 1.807) is 13.2 Å². The van der Waals surface area contributed by atoms with Gasteiger partial charge >= 0.3 is 0 Å². The van der Waals surface area contributed by atoms with E-state index in [1.807, 2.05) is 41.8 Å². The summed E-state index contributed by atoms with van der Waals surface area (Å²) in [6.07, 6.45) is 1.85. The van der Waals surface area contributed by atoms with E-state index < -0.39 is 0 Å². The Labute approximate surface area is 127 Å². The minimum Gasteiger partial charge on any atom is -0.496 e. The predicted molar refractivity (Wildman–Crippen MR) is 82.8 cm³/mol. The Morgan fingerprint density at radius 1 is 1.33 bits per heavy atom. The topological polar surface area (TPSA) is 46.8 Å². The number of rotatable bonds is 3. The number of imidazole rings is 1. The van der Waals surface area contributed by atoms with E-state index in [9.17, 15) is 5.11 Å². The Morgan fingerprint density at radius 2 is 2.14 bits per heavy atom. The van der Waals surface area contributed by atoms with Crippen LogP contribution in [0, 0.1) is 6.92 Å². The average molecular weight is 303 g/mol. The monoisotopic (exact) mass is 302 g/mol. The SMILES string of the molecule is COc1ccc(-c2nc3c(Cl)cccn3c2CO)cc1C. The molecule has 0 unspecified atom stereocenters. The van der Waals surface area contributed by atoms with E-state index in [-0.39, 0.29) is 6.61 Å². The number of aliphatic hydroxyl groups is 1. The van der Waals surface area contributed by atoms with Gasteiger partial charge in [-0.25, -0.2) is 4.98 Å². The van der Waals surface area contributed by atoms with Crippen LogP contribution in [-0.2, 0) is 6.61 Å². The van der Waals surface area contributed by atoms with Crippen molar-refractivity contribution in [2.24, 2.45) is 0 Å². The van der Waals surface area contributed by atoms with Crippen LogP contribution >= 0.6 is 11.6 Å². The molecule has 0 amide bonds. The van der Waals surface area contributed by atoms with Crippen LogP contribution in [0.15, 0.2) is 36.5 Å². The van der Waals surface area contributed by atoms with Crippen molar-refractivity contribution in [1.82, 2.24) is 9.38 Å². The molecule has 2 aromatic heterocycles. The summed E-state index contributed by atoms with van der Waals surface area (Å²) in [6.45, 7) is 1.87. The van der Waals surface area contributed by atoms with Crippen LogP contribution in [0.5, 0.6) is 5.75 Å². The first-order chi connectivity index (χ1) is 10.2. The highest BCUT2D eigenvalue weighted by Crippen LogP contribution is 2.30. The zero-order valence-corrected chi connectivity index (χ0v) is 12.6. The molecule has 0 saturated carbocycles. The summed E-state index contributed by atoms with van der Waals surface area (Å²) in [5.41, 5.74) is 4.04. The molecule has 3 rings (SSSR count). The average Bonchev–Trinajstić information content (AvgIpc) is 2.87. The van der Waals surface area contributed by atoms with Gasteiger partial charge in [0.25, 0.3) is 0 Å². The molecule has 0 spiro atoms. The quantitative estimate of drug-likeness (QED) is 0.806. The van der Waals surface area contributed by atoms with E-state index in [2.05, 4.69) is 4.98 Å². The molecule has 3 aromatic rings. The van der Waals surface area contributed by atoms with Crippen LogP contribution < -0.4 is 4.74 Å². The van der Waals surface area contributed by atoms with Crippen molar-refractivity contribution in [3.8, 4) is 17.0 Å². The molecule has 5 heteroatoms. The Balaban J connectivity index is 2.24. The molecule has 1 N–H and O–H groups in total. The van der Waals surface area contributed by atoms with Gasteiger partial charge in [0, 0.05) is 11.8 Å². The molecule has 2 heterocycles. The molecule has 4 nitrogen and oxygen atoms in total. The van der Waals surface area contributed by atoms with Crippen molar-refractivity contribution in [1.29, 1.82) is 0 Å². The van der Waals surface area contributed by atoms with Crippen molar-refractivity contribution in [3.05, 3.63) is 52.8 Å².